The van der Waals surface area contributed by atoms with Gasteiger partial charge in [-0.25, -0.2) is 0 Å². The molecule has 1 aliphatic heterocycles. The minimum atomic E-state index is -0.742. The zero-order valence-corrected chi connectivity index (χ0v) is 11.8. The molecule has 0 bridgehead atoms. The molecule has 1 heterocycles. The number of carbonyl (C=O) groups is 2. The van der Waals surface area contributed by atoms with Crippen LogP contribution in [0.1, 0.15) is 18.9 Å². The Kier molecular flexibility index (Phi) is 4.77. The number of nitrogens with one attached hydrogen (secondary N) is 2. The smallest absolute Gasteiger partial charge is 0.224 e. The average molecular weight is 293 g/mol. The van der Waals surface area contributed by atoms with Crippen LogP contribution in [-0.4, -0.2) is 36.2 Å². The van der Waals surface area contributed by atoms with E-state index in [0.717, 1.165) is 5.56 Å². The highest BCUT2D eigenvalue weighted by molar-refractivity contribution is 6.02. The SMILES string of the molecule is CC(=O)Nc1ccc(OCC(O)CN)c2c1NC(=O)CC2. The van der Waals surface area contributed by atoms with Gasteiger partial charge in [0.15, 0.2) is 0 Å². The fourth-order valence-electron chi connectivity index (χ4n) is 2.14. The topological polar surface area (TPSA) is 114 Å². The van der Waals surface area contributed by atoms with E-state index >= 15 is 0 Å². The van der Waals surface area contributed by atoms with Crippen LogP contribution in [0.2, 0.25) is 0 Å². The van der Waals surface area contributed by atoms with E-state index < -0.39 is 6.10 Å². The molecule has 0 fully saturated rings. The monoisotopic (exact) mass is 293 g/mol. The second kappa shape index (κ2) is 6.55. The molecule has 1 atom stereocenters. The Hall–Kier alpha value is -2.12. The van der Waals surface area contributed by atoms with E-state index in [4.69, 9.17) is 10.5 Å². The van der Waals surface area contributed by atoms with Gasteiger partial charge in [-0.15, -0.1) is 0 Å². The molecule has 0 saturated carbocycles. The van der Waals surface area contributed by atoms with Crippen molar-refractivity contribution in [3.63, 3.8) is 0 Å². The maximum absolute atomic E-state index is 11.6. The summed E-state index contributed by atoms with van der Waals surface area (Å²) in [6.07, 6.45) is 0.128. The first-order valence-corrected chi connectivity index (χ1v) is 6.75. The molecule has 1 aromatic carbocycles. The summed E-state index contributed by atoms with van der Waals surface area (Å²) in [5, 5.41) is 14.9. The number of benzene rings is 1. The Labute approximate surface area is 122 Å². The van der Waals surface area contributed by atoms with Gasteiger partial charge in [0.2, 0.25) is 11.8 Å². The molecule has 0 saturated heterocycles. The molecule has 0 spiro atoms. The van der Waals surface area contributed by atoms with E-state index in [0.29, 0.717) is 30.0 Å². The molecule has 1 aromatic rings. The normalized spacial score (nSPS) is 14.9. The van der Waals surface area contributed by atoms with Crippen LogP contribution in [0.5, 0.6) is 5.75 Å². The van der Waals surface area contributed by atoms with Crippen LogP contribution in [-0.2, 0) is 16.0 Å². The van der Waals surface area contributed by atoms with Gasteiger partial charge in [0.05, 0.1) is 11.4 Å². The molecule has 5 N–H and O–H groups in total. The third kappa shape index (κ3) is 3.71. The summed E-state index contributed by atoms with van der Waals surface area (Å²) in [5.74, 6) is 0.254. The van der Waals surface area contributed by atoms with Crippen molar-refractivity contribution in [2.45, 2.75) is 25.9 Å². The molecule has 21 heavy (non-hydrogen) atoms. The van der Waals surface area contributed by atoms with Crippen LogP contribution in [0, 0.1) is 0 Å². The molecule has 114 valence electrons. The van der Waals surface area contributed by atoms with E-state index in [1.54, 1.807) is 12.1 Å². The van der Waals surface area contributed by atoms with E-state index in [2.05, 4.69) is 10.6 Å². The Morgan fingerprint density at radius 1 is 1.52 bits per heavy atom. The number of anilines is 2. The Balaban J connectivity index is 2.29. The van der Waals surface area contributed by atoms with Crippen molar-refractivity contribution in [1.82, 2.24) is 0 Å². The van der Waals surface area contributed by atoms with Gasteiger partial charge < -0.3 is 26.2 Å². The molecular formula is C14H19N3O4. The van der Waals surface area contributed by atoms with Crippen LogP contribution in [0.3, 0.4) is 0 Å². The van der Waals surface area contributed by atoms with Crippen LogP contribution >= 0.6 is 0 Å². The van der Waals surface area contributed by atoms with Crippen LogP contribution in [0.15, 0.2) is 12.1 Å². The van der Waals surface area contributed by atoms with Gasteiger partial charge in [0.1, 0.15) is 18.5 Å². The van der Waals surface area contributed by atoms with Gasteiger partial charge in [0.25, 0.3) is 0 Å². The third-order valence-electron chi connectivity index (χ3n) is 3.15. The summed E-state index contributed by atoms with van der Waals surface area (Å²) in [5.41, 5.74) is 7.24. The molecule has 7 nitrogen and oxygen atoms in total. The first-order chi connectivity index (χ1) is 10.0. The quantitative estimate of drug-likeness (QED) is 0.620. The minimum absolute atomic E-state index is 0.0797. The molecule has 1 aliphatic rings. The summed E-state index contributed by atoms with van der Waals surface area (Å²) >= 11 is 0. The molecule has 1 unspecified atom stereocenters. The largest absolute Gasteiger partial charge is 0.490 e. The van der Waals surface area contributed by atoms with E-state index in [9.17, 15) is 14.7 Å². The molecular weight excluding hydrogens is 274 g/mol. The van der Waals surface area contributed by atoms with Crippen molar-refractivity contribution in [2.24, 2.45) is 5.73 Å². The van der Waals surface area contributed by atoms with Crippen LogP contribution < -0.4 is 21.1 Å². The molecule has 0 radical (unpaired) electrons. The Morgan fingerprint density at radius 3 is 2.95 bits per heavy atom. The van der Waals surface area contributed by atoms with Crippen LogP contribution in [0.25, 0.3) is 0 Å². The highest BCUT2D eigenvalue weighted by atomic mass is 16.5. The maximum Gasteiger partial charge on any atom is 0.224 e. The van der Waals surface area contributed by atoms with Crippen molar-refractivity contribution in [2.75, 3.05) is 23.8 Å². The second-order valence-electron chi connectivity index (χ2n) is 4.89. The Bertz CT molecular complexity index is 559. The van der Waals surface area contributed by atoms with Crippen molar-refractivity contribution in [1.29, 1.82) is 0 Å². The molecule has 2 amide bonds. The number of carbonyl (C=O) groups excluding carboxylic acids is 2. The number of aliphatic hydroxyl groups excluding tert-OH is 1. The van der Waals surface area contributed by atoms with Crippen molar-refractivity contribution >= 4 is 23.2 Å². The highest BCUT2D eigenvalue weighted by Crippen LogP contribution is 2.37. The number of amides is 2. The number of aliphatic hydroxyl groups is 1. The standard InChI is InChI=1S/C14H19N3O4/c1-8(18)16-11-3-4-12(21-7-9(19)6-15)10-2-5-13(20)17-14(10)11/h3-4,9,19H,2,5-7,15H2,1H3,(H,16,18)(H,17,20). The first kappa shape index (κ1) is 15.3. The summed E-state index contributed by atoms with van der Waals surface area (Å²) in [6.45, 7) is 1.60. The fraction of sp³-hybridized carbons (Fsp3) is 0.429. The lowest BCUT2D eigenvalue weighted by atomic mass is 10.0. The highest BCUT2D eigenvalue weighted by Gasteiger charge is 2.22. The number of nitrogens with two attached hydrogens (primary N) is 1. The van der Waals surface area contributed by atoms with E-state index in [1.165, 1.54) is 6.92 Å². The lowest BCUT2D eigenvalue weighted by molar-refractivity contribution is -0.116. The first-order valence-electron chi connectivity index (χ1n) is 6.75. The zero-order valence-electron chi connectivity index (χ0n) is 11.8. The van der Waals surface area contributed by atoms with Crippen molar-refractivity contribution in [3.05, 3.63) is 17.7 Å². The molecule has 0 aliphatic carbocycles. The second-order valence-corrected chi connectivity index (χ2v) is 4.89. The number of hydrogen-bond acceptors (Lipinski definition) is 5. The van der Waals surface area contributed by atoms with E-state index in [-0.39, 0.29) is 25.0 Å². The summed E-state index contributed by atoms with van der Waals surface area (Å²) in [7, 11) is 0. The number of ether oxygens (including phenoxy) is 1. The summed E-state index contributed by atoms with van der Waals surface area (Å²) < 4.78 is 5.56. The fourth-order valence-corrected chi connectivity index (χ4v) is 2.14. The third-order valence-corrected chi connectivity index (χ3v) is 3.15. The summed E-state index contributed by atoms with van der Waals surface area (Å²) in [6, 6.07) is 3.38. The number of rotatable bonds is 5. The maximum atomic E-state index is 11.6. The lowest BCUT2D eigenvalue weighted by Crippen LogP contribution is -2.27. The molecule has 0 aromatic heterocycles. The number of fused-ring (bicyclic) bond motifs is 1. The average Bonchev–Trinajstić information content (AvgIpc) is 2.45. The lowest BCUT2D eigenvalue weighted by Gasteiger charge is -2.23. The van der Waals surface area contributed by atoms with Gasteiger partial charge in [0, 0.05) is 25.5 Å². The van der Waals surface area contributed by atoms with Gasteiger partial charge >= 0.3 is 0 Å². The minimum Gasteiger partial charge on any atom is -0.490 e. The van der Waals surface area contributed by atoms with E-state index in [1.807, 2.05) is 0 Å². The van der Waals surface area contributed by atoms with Gasteiger partial charge in [-0.1, -0.05) is 0 Å². The predicted molar refractivity (Wildman–Crippen MR) is 78.3 cm³/mol. The Morgan fingerprint density at radius 2 is 2.29 bits per heavy atom. The van der Waals surface area contributed by atoms with Crippen LogP contribution in [0.4, 0.5) is 11.4 Å². The molecule has 2 rings (SSSR count). The van der Waals surface area contributed by atoms with Crippen molar-refractivity contribution in [3.8, 4) is 5.75 Å². The number of hydrogen-bond donors (Lipinski definition) is 4. The predicted octanol–water partition coefficient (Wildman–Crippen LogP) is 0.228. The van der Waals surface area contributed by atoms with Crippen molar-refractivity contribution < 1.29 is 19.4 Å². The summed E-state index contributed by atoms with van der Waals surface area (Å²) in [4.78, 5) is 22.8. The van der Waals surface area contributed by atoms with Gasteiger partial charge in [-0.2, -0.15) is 0 Å². The van der Waals surface area contributed by atoms with Gasteiger partial charge in [-0.3, -0.25) is 9.59 Å². The zero-order chi connectivity index (χ0) is 15.4. The molecule has 7 heteroatoms. The van der Waals surface area contributed by atoms with Gasteiger partial charge in [-0.05, 0) is 18.6 Å².